The van der Waals surface area contributed by atoms with Gasteiger partial charge in [0.2, 0.25) is 0 Å². The molecule has 0 spiro atoms. The van der Waals surface area contributed by atoms with Gasteiger partial charge in [0, 0.05) is 18.3 Å². The van der Waals surface area contributed by atoms with Gasteiger partial charge in [-0.15, -0.1) is 0 Å². The van der Waals surface area contributed by atoms with Gasteiger partial charge in [-0.2, -0.15) is 5.10 Å². The lowest BCUT2D eigenvalue weighted by molar-refractivity contribution is 0.103. The Morgan fingerprint density at radius 1 is 1.32 bits per heavy atom. The third-order valence-corrected chi connectivity index (χ3v) is 3.07. The first-order chi connectivity index (χ1) is 9.13. The smallest absolute Gasteiger partial charge is 0.196 e. The van der Waals surface area contributed by atoms with Crippen molar-refractivity contribution >= 4 is 5.78 Å². The predicted molar refractivity (Wildman–Crippen MR) is 73.6 cm³/mol. The van der Waals surface area contributed by atoms with E-state index in [1.165, 1.54) is 0 Å². The normalized spacial score (nSPS) is 10.5. The Labute approximate surface area is 113 Å². The standard InChI is InChI=1S/C15H18N2O2/c1-4-9-19-13-7-5-12(6-8-13)15(18)14-10-16-17(3)11(14)2/h5-8,10H,4,9H2,1-3H3. The summed E-state index contributed by atoms with van der Waals surface area (Å²) in [4.78, 5) is 12.3. The van der Waals surface area contributed by atoms with E-state index in [9.17, 15) is 4.79 Å². The highest BCUT2D eigenvalue weighted by atomic mass is 16.5. The Morgan fingerprint density at radius 2 is 2.00 bits per heavy atom. The zero-order chi connectivity index (χ0) is 13.8. The second-order valence-corrected chi connectivity index (χ2v) is 4.47. The van der Waals surface area contributed by atoms with Crippen LogP contribution in [-0.2, 0) is 7.05 Å². The van der Waals surface area contributed by atoms with Crippen LogP contribution < -0.4 is 4.74 Å². The van der Waals surface area contributed by atoms with Gasteiger partial charge in [-0.05, 0) is 37.6 Å². The minimum absolute atomic E-state index is 0.00681. The van der Waals surface area contributed by atoms with Gasteiger partial charge in [0.1, 0.15) is 5.75 Å². The molecule has 2 aromatic rings. The van der Waals surface area contributed by atoms with Gasteiger partial charge in [0.05, 0.1) is 18.4 Å². The van der Waals surface area contributed by atoms with Gasteiger partial charge < -0.3 is 4.74 Å². The van der Waals surface area contributed by atoms with E-state index in [1.54, 1.807) is 23.0 Å². The molecule has 1 aromatic heterocycles. The average Bonchev–Trinajstić information content (AvgIpc) is 2.76. The van der Waals surface area contributed by atoms with Crippen molar-refractivity contribution < 1.29 is 9.53 Å². The summed E-state index contributed by atoms with van der Waals surface area (Å²) >= 11 is 0. The van der Waals surface area contributed by atoms with E-state index in [2.05, 4.69) is 12.0 Å². The van der Waals surface area contributed by atoms with Crippen LogP contribution in [0.5, 0.6) is 5.75 Å². The number of ether oxygens (including phenoxy) is 1. The molecule has 0 saturated heterocycles. The van der Waals surface area contributed by atoms with Gasteiger partial charge in [-0.1, -0.05) is 6.92 Å². The number of carbonyl (C=O) groups excluding carboxylic acids is 1. The summed E-state index contributed by atoms with van der Waals surface area (Å²) in [6.07, 6.45) is 2.58. The van der Waals surface area contributed by atoms with Crippen LogP contribution in [0, 0.1) is 6.92 Å². The highest BCUT2D eigenvalue weighted by Gasteiger charge is 2.14. The number of hydrogen-bond donors (Lipinski definition) is 0. The maximum atomic E-state index is 12.3. The number of aryl methyl sites for hydroxylation is 1. The fourth-order valence-electron chi connectivity index (χ4n) is 1.80. The number of hydrogen-bond acceptors (Lipinski definition) is 3. The number of nitrogens with zero attached hydrogens (tertiary/aromatic N) is 2. The molecule has 4 heteroatoms. The Balaban J connectivity index is 2.18. The third kappa shape index (κ3) is 2.84. The molecule has 0 unspecified atom stereocenters. The monoisotopic (exact) mass is 258 g/mol. The molecule has 0 saturated carbocycles. The van der Waals surface area contributed by atoms with Crippen molar-refractivity contribution in [2.24, 2.45) is 7.05 Å². The van der Waals surface area contributed by atoms with Gasteiger partial charge >= 0.3 is 0 Å². The van der Waals surface area contributed by atoms with Crippen molar-refractivity contribution in [3.63, 3.8) is 0 Å². The van der Waals surface area contributed by atoms with E-state index < -0.39 is 0 Å². The number of rotatable bonds is 5. The fourth-order valence-corrected chi connectivity index (χ4v) is 1.80. The molecular weight excluding hydrogens is 240 g/mol. The van der Waals surface area contributed by atoms with Crippen LogP contribution >= 0.6 is 0 Å². The first-order valence-corrected chi connectivity index (χ1v) is 6.39. The number of ketones is 1. The van der Waals surface area contributed by atoms with E-state index in [4.69, 9.17) is 4.74 Å². The lowest BCUT2D eigenvalue weighted by Crippen LogP contribution is -2.04. The maximum absolute atomic E-state index is 12.3. The summed E-state index contributed by atoms with van der Waals surface area (Å²) < 4.78 is 7.20. The highest BCUT2D eigenvalue weighted by Crippen LogP contribution is 2.17. The van der Waals surface area contributed by atoms with Gasteiger partial charge in [-0.25, -0.2) is 0 Å². The Hall–Kier alpha value is -2.10. The van der Waals surface area contributed by atoms with Crippen molar-refractivity contribution in [3.8, 4) is 5.75 Å². The Bertz CT molecular complexity index is 570. The summed E-state index contributed by atoms with van der Waals surface area (Å²) in [7, 11) is 1.83. The lowest BCUT2D eigenvalue weighted by Gasteiger charge is -2.05. The minimum Gasteiger partial charge on any atom is -0.494 e. The highest BCUT2D eigenvalue weighted by molar-refractivity contribution is 6.09. The molecule has 2 rings (SSSR count). The third-order valence-electron chi connectivity index (χ3n) is 3.07. The molecule has 0 radical (unpaired) electrons. The predicted octanol–water partition coefficient (Wildman–Crippen LogP) is 2.75. The van der Waals surface area contributed by atoms with E-state index in [0.717, 1.165) is 17.9 Å². The molecule has 4 nitrogen and oxygen atoms in total. The molecule has 0 aliphatic rings. The summed E-state index contributed by atoms with van der Waals surface area (Å²) in [5.74, 6) is 0.786. The van der Waals surface area contributed by atoms with Crippen molar-refractivity contribution in [1.29, 1.82) is 0 Å². The van der Waals surface area contributed by atoms with Crippen molar-refractivity contribution in [2.45, 2.75) is 20.3 Å². The first-order valence-electron chi connectivity index (χ1n) is 6.39. The van der Waals surface area contributed by atoms with Crippen molar-refractivity contribution in [2.75, 3.05) is 6.61 Å². The molecular formula is C15H18N2O2. The van der Waals surface area contributed by atoms with E-state index in [0.29, 0.717) is 17.7 Å². The molecule has 0 amide bonds. The van der Waals surface area contributed by atoms with E-state index in [-0.39, 0.29) is 5.78 Å². The molecule has 19 heavy (non-hydrogen) atoms. The summed E-state index contributed by atoms with van der Waals surface area (Å²) in [6.45, 7) is 4.64. The molecule has 0 atom stereocenters. The van der Waals surface area contributed by atoms with Crippen LogP contribution in [0.15, 0.2) is 30.5 Å². The molecule has 0 aliphatic heterocycles. The number of aromatic nitrogens is 2. The maximum Gasteiger partial charge on any atom is 0.196 e. The average molecular weight is 258 g/mol. The number of benzene rings is 1. The van der Waals surface area contributed by atoms with E-state index in [1.807, 2.05) is 26.1 Å². The van der Waals surface area contributed by atoms with E-state index >= 15 is 0 Å². The molecule has 100 valence electrons. The zero-order valence-corrected chi connectivity index (χ0v) is 11.5. The second kappa shape index (κ2) is 5.69. The lowest BCUT2D eigenvalue weighted by atomic mass is 10.0. The molecule has 0 aliphatic carbocycles. The number of carbonyl (C=O) groups is 1. The van der Waals surface area contributed by atoms with Crippen molar-refractivity contribution in [3.05, 3.63) is 47.3 Å². The summed E-state index contributed by atoms with van der Waals surface area (Å²) in [5.41, 5.74) is 2.17. The first kappa shape index (κ1) is 13.3. The van der Waals surface area contributed by atoms with Crippen LogP contribution in [0.3, 0.4) is 0 Å². The molecule has 0 N–H and O–H groups in total. The Kier molecular flexibility index (Phi) is 4.00. The topological polar surface area (TPSA) is 44.1 Å². The fraction of sp³-hybridized carbons (Fsp3) is 0.333. The van der Waals surface area contributed by atoms with Crippen molar-refractivity contribution in [1.82, 2.24) is 9.78 Å². The summed E-state index contributed by atoms with van der Waals surface area (Å²) in [6, 6.07) is 7.24. The molecule has 1 heterocycles. The summed E-state index contributed by atoms with van der Waals surface area (Å²) in [5, 5.41) is 4.09. The Morgan fingerprint density at radius 3 is 2.53 bits per heavy atom. The van der Waals surface area contributed by atoms with Crippen LogP contribution in [0.2, 0.25) is 0 Å². The van der Waals surface area contributed by atoms with Crippen LogP contribution in [0.25, 0.3) is 0 Å². The SMILES string of the molecule is CCCOc1ccc(C(=O)c2cnn(C)c2C)cc1. The molecule has 1 aromatic carbocycles. The van der Waals surface area contributed by atoms with Gasteiger partial charge in [-0.3, -0.25) is 9.48 Å². The minimum atomic E-state index is -0.00681. The zero-order valence-electron chi connectivity index (χ0n) is 11.5. The van der Waals surface area contributed by atoms with Gasteiger partial charge in [0.25, 0.3) is 0 Å². The molecule has 0 bridgehead atoms. The largest absolute Gasteiger partial charge is 0.494 e. The van der Waals surface area contributed by atoms with Crippen LogP contribution in [0.4, 0.5) is 0 Å². The van der Waals surface area contributed by atoms with Gasteiger partial charge in [0.15, 0.2) is 5.78 Å². The van der Waals surface area contributed by atoms with Crippen LogP contribution in [0.1, 0.15) is 35.0 Å². The van der Waals surface area contributed by atoms with Crippen LogP contribution in [-0.4, -0.2) is 22.2 Å². The second-order valence-electron chi connectivity index (χ2n) is 4.47. The molecule has 0 fully saturated rings. The quantitative estimate of drug-likeness (QED) is 0.774.